The van der Waals surface area contributed by atoms with Gasteiger partial charge >= 0.3 is 5.97 Å². The van der Waals surface area contributed by atoms with Crippen LogP contribution in [-0.2, 0) is 4.74 Å². The highest BCUT2D eigenvalue weighted by Crippen LogP contribution is 2.32. The molecular weight excluding hydrogens is 386 g/mol. The fraction of sp³-hybridized carbons (Fsp3) is 0.263. The van der Waals surface area contributed by atoms with Gasteiger partial charge in [-0.15, -0.1) is 0 Å². The summed E-state index contributed by atoms with van der Waals surface area (Å²) in [5, 5.41) is 14.4. The number of nitrogens with one attached hydrogen (secondary N) is 1. The second-order valence-corrected chi connectivity index (χ2v) is 6.76. The van der Waals surface area contributed by atoms with Crippen LogP contribution >= 0.6 is 11.6 Å². The first-order valence-electron chi connectivity index (χ1n) is 8.62. The number of carbonyl (C=O) groups is 2. The molecule has 1 N–H and O–H groups in total. The third-order valence-electron chi connectivity index (χ3n) is 4.47. The van der Waals surface area contributed by atoms with E-state index in [1.165, 1.54) is 6.07 Å². The van der Waals surface area contributed by atoms with Crippen LogP contribution in [0.15, 0.2) is 36.4 Å². The summed E-state index contributed by atoms with van der Waals surface area (Å²) in [6.45, 7) is 1.74. The van der Waals surface area contributed by atoms with E-state index < -0.39 is 16.8 Å². The zero-order valence-corrected chi connectivity index (χ0v) is 15.9. The minimum atomic E-state index is -0.765. The average Bonchev–Trinajstić information content (AvgIpc) is 3.21. The average molecular weight is 404 g/mol. The molecule has 9 heteroatoms. The normalized spacial score (nSPS) is 13.3. The van der Waals surface area contributed by atoms with Crippen LogP contribution in [0.25, 0.3) is 0 Å². The Morgan fingerprint density at radius 1 is 1.14 bits per heavy atom. The number of methoxy groups -OCH3 is 1. The summed E-state index contributed by atoms with van der Waals surface area (Å²) in [5.41, 5.74) is 0.855. The van der Waals surface area contributed by atoms with Gasteiger partial charge in [-0.3, -0.25) is 14.9 Å². The van der Waals surface area contributed by atoms with Gasteiger partial charge in [0, 0.05) is 35.8 Å². The van der Waals surface area contributed by atoms with Crippen molar-refractivity contribution in [2.45, 2.75) is 12.8 Å². The number of carbonyl (C=O) groups excluding carboxylic acids is 2. The minimum absolute atomic E-state index is 0.0260. The summed E-state index contributed by atoms with van der Waals surface area (Å²) in [4.78, 5) is 37.2. The summed E-state index contributed by atoms with van der Waals surface area (Å²) < 4.78 is 4.61. The van der Waals surface area contributed by atoms with Gasteiger partial charge in [-0.25, -0.2) is 4.79 Å². The second kappa shape index (κ2) is 8.26. The first-order valence-corrected chi connectivity index (χ1v) is 9.00. The number of hydrogen-bond acceptors (Lipinski definition) is 6. The van der Waals surface area contributed by atoms with Gasteiger partial charge in [0.2, 0.25) is 0 Å². The highest BCUT2D eigenvalue weighted by atomic mass is 35.5. The number of ether oxygens (including phenoxy) is 1. The molecule has 0 aromatic heterocycles. The zero-order chi connectivity index (χ0) is 20.3. The Kier molecular flexibility index (Phi) is 5.79. The molecule has 0 spiro atoms. The number of rotatable bonds is 5. The van der Waals surface area contributed by atoms with E-state index in [-0.39, 0.29) is 16.8 Å². The number of benzene rings is 2. The molecule has 0 atom stereocenters. The molecule has 0 unspecified atom stereocenters. The van der Waals surface area contributed by atoms with Gasteiger partial charge in [0.15, 0.2) is 0 Å². The Bertz CT molecular complexity index is 941. The van der Waals surface area contributed by atoms with Crippen molar-refractivity contribution in [3.05, 3.63) is 62.7 Å². The van der Waals surface area contributed by atoms with E-state index in [9.17, 15) is 19.7 Å². The molecule has 1 saturated heterocycles. The van der Waals surface area contributed by atoms with E-state index in [0.717, 1.165) is 50.9 Å². The highest BCUT2D eigenvalue weighted by Gasteiger charge is 2.21. The van der Waals surface area contributed by atoms with Crippen LogP contribution in [0, 0.1) is 10.1 Å². The summed E-state index contributed by atoms with van der Waals surface area (Å²) in [5.74, 6) is -1.35. The van der Waals surface area contributed by atoms with Crippen LogP contribution in [0.4, 0.5) is 17.1 Å². The lowest BCUT2D eigenvalue weighted by molar-refractivity contribution is -0.384. The standard InChI is InChI=1S/C19H18ClN3O5/c1-28-19(25)13-8-12(9-15(10-13)23(26)27)18(24)21-16-11-14(20)4-5-17(16)22-6-2-3-7-22/h4-5,8-11H,2-3,6-7H2,1H3,(H,21,24). The zero-order valence-electron chi connectivity index (χ0n) is 15.1. The van der Waals surface area contributed by atoms with E-state index in [4.69, 9.17) is 11.6 Å². The number of anilines is 2. The predicted octanol–water partition coefficient (Wildman–Crippen LogP) is 3.89. The van der Waals surface area contributed by atoms with Crippen molar-refractivity contribution in [1.29, 1.82) is 0 Å². The molecule has 1 aliphatic heterocycles. The van der Waals surface area contributed by atoms with Gasteiger partial charge in [-0.05, 0) is 37.1 Å². The van der Waals surface area contributed by atoms with Crippen molar-refractivity contribution in [3.8, 4) is 0 Å². The molecule has 0 saturated carbocycles. The summed E-state index contributed by atoms with van der Waals surface area (Å²) >= 11 is 6.09. The quantitative estimate of drug-likeness (QED) is 0.461. The van der Waals surface area contributed by atoms with Gasteiger partial charge < -0.3 is 15.0 Å². The summed E-state index contributed by atoms with van der Waals surface area (Å²) in [6.07, 6.45) is 2.12. The molecule has 2 aromatic rings. The van der Waals surface area contributed by atoms with Crippen molar-refractivity contribution in [3.63, 3.8) is 0 Å². The maximum atomic E-state index is 12.8. The third-order valence-corrected chi connectivity index (χ3v) is 4.70. The van der Waals surface area contributed by atoms with Crippen molar-refractivity contribution < 1.29 is 19.2 Å². The molecule has 1 amide bonds. The van der Waals surface area contributed by atoms with E-state index in [0.29, 0.717) is 10.7 Å². The molecule has 3 rings (SSSR count). The SMILES string of the molecule is COC(=O)c1cc(C(=O)Nc2cc(Cl)ccc2N2CCCC2)cc([N+](=O)[O-])c1. The van der Waals surface area contributed by atoms with Gasteiger partial charge in [0.1, 0.15) is 0 Å². The molecule has 8 nitrogen and oxygen atoms in total. The Morgan fingerprint density at radius 2 is 1.82 bits per heavy atom. The topological polar surface area (TPSA) is 102 Å². The van der Waals surface area contributed by atoms with Crippen molar-refractivity contribution in [2.75, 3.05) is 30.4 Å². The molecule has 1 aliphatic rings. The van der Waals surface area contributed by atoms with Crippen molar-refractivity contribution in [2.24, 2.45) is 0 Å². The molecule has 0 bridgehead atoms. The Hall–Kier alpha value is -3.13. The van der Waals surface area contributed by atoms with E-state index >= 15 is 0 Å². The Balaban J connectivity index is 1.95. The predicted molar refractivity (Wildman–Crippen MR) is 105 cm³/mol. The number of non-ortho nitro benzene ring substituents is 1. The Labute approximate surface area is 166 Å². The summed E-state index contributed by atoms with van der Waals surface area (Å²) in [7, 11) is 1.16. The number of esters is 1. The maximum Gasteiger partial charge on any atom is 0.338 e. The lowest BCUT2D eigenvalue weighted by atomic mass is 10.1. The third kappa shape index (κ3) is 4.23. The first kappa shape index (κ1) is 19.6. The Morgan fingerprint density at radius 3 is 2.46 bits per heavy atom. The fourth-order valence-electron chi connectivity index (χ4n) is 3.12. The van der Waals surface area contributed by atoms with Gasteiger partial charge in [0.05, 0.1) is 29.0 Å². The number of nitro benzene ring substituents is 1. The second-order valence-electron chi connectivity index (χ2n) is 6.33. The van der Waals surface area contributed by atoms with Gasteiger partial charge in [-0.1, -0.05) is 11.6 Å². The van der Waals surface area contributed by atoms with Crippen molar-refractivity contribution in [1.82, 2.24) is 0 Å². The molecular formula is C19H18ClN3O5. The maximum absolute atomic E-state index is 12.8. The van der Waals surface area contributed by atoms with E-state index in [1.54, 1.807) is 12.1 Å². The molecule has 28 heavy (non-hydrogen) atoms. The fourth-order valence-corrected chi connectivity index (χ4v) is 3.29. The van der Waals surface area contributed by atoms with Gasteiger partial charge in [-0.2, -0.15) is 0 Å². The largest absolute Gasteiger partial charge is 0.465 e. The van der Waals surface area contributed by atoms with Crippen LogP contribution in [0.2, 0.25) is 5.02 Å². The number of halogens is 1. The minimum Gasteiger partial charge on any atom is -0.465 e. The molecule has 146 valence electrons. The van der Waals surface area contributed by atoms with Crippen molar-refractivity contribution >= 4 is 40.5 Å². The molecule has 1 heterocycles. The van der Waals surface area contributed by atoms with E-state index in [2.05, 4.69) is 15.0 Å². The molecule has 0 aliphatic carbocycles. The number of amides is 1. The number of nitrogens with zero attached hydrogens (tertiary/aromatic N) is 2. The lowest BCUT2D eigenvalue weighted by Crippen LogP contribution is -2.21. The monoisotopic (exact) mass is 403 g/mol. The van der Waals surface area contributed by atoms with Crippen LogP contribution in [0.3, 0.4) is 0 Å². The molecule has 1 fully saturated rings. The summed E-state index contributed by atoms with van der Waals surface area (Å²) in [6, 6.07) is 8.64. The van der Waals surface area contributed by atoms with Gasteiger partial charge in [0.25, 0.3) is 11.6 Å². The van der Waals surface area contributed by atoms with Crippen LogP contribution < -0.4 is 10.2 Å². The smallest absolute Gasteiger partial charge is 0.338 e. The highest BCUT2D eigenvalue weighted by molar-refractivity contribution is 6.31. The van der Waals surface area contributed by atoms with Crippen LogP contribution in [0.5, 0.6) is 0 Å². The molecule has 0 radical (unpaired) electrons. The van der Waals surface area contributed by atoms with Crippen LogP contribution in [-0.4, -0.2) is 37.0 Å². The first-order chi connectivity index (χ1) is 13.4. The number of nitro groups is 1. The van der Waals surface area contributed by atoms with E-state index in [1.807, 2.05) is 6.07 Å². The molecule has 2 aromatic carbocycles. The number of hydrogen-bond donors (Lipinski definition) is 1. The lowest BCUT2D eigenvalue weighted by Gasteiger charge is -2.22. The van der Waals surface area contributed by atoms with Crippen LogP contribution in [0.1, 0.15) is 33.6 Å².